The maximum atomic E-state index is 11.8. The summed E-state index contributed by atoms with van der Waals surface area (Å²) in [7, 11) is 0. The molecule has 0 aliphatic carbocycles. The molecule has 0 spiro atoms. The molecule has 0 aliphatic heterocycles. The van der Waals surface area contributed by atoms with E-state index < -0.39 is 0 Å². The fraction of sp³-hybridized carbons (Fsp3) is 0.421. The van der Waals surface area contributed by atoms with Gasteiger partial charge >= 0.3 is 0 Å². The number of carbonyl (C=O) groups is 1. The lowest BCUT2D eigenvalue weighted by molar-refractivity contribution is -0.118. The fourth-order valence-electron chi connectivity index (χ4n) is 2.44. The van der Waals surface area contributed by atoms with Crippen LogP contribution in [0, 0.1) is 12.3 Å². The first-order chi connectivity index (χ1) is 12.7. The molecule has 1 heterocycles. The first-order valence-corrected chi connectivity index (χ1v) is 10.0. The maximum absolute atomic E-state index is 11.8. The van der Waals surface area contributed by atoms with Crippen molar-refractivity contribution in [2.45, 2.75) is 44.3 Å². The number of benzene rings is 1. The van der Waals surface area contributed by atoms with Crippen LogP contribution in [-0.4, -0.2) is 33.0 Å². The van der Waals surface area contributed by atoms with Crippen LogP contribution in [0.3, 0.4) is 0 Å². The quantitative estimate of drug-likeness (QED) is 0.378. The molecule has 0 saturated heterocycles. The molecule has 2 rings (SSSR count). The minimum absolute atomic E-state index is 0.110. The van der Waals surface area contributed by atoms with E-state index in [1.165, 1.54) is 24.6 Å². The van der Waals surface area contributed by atoms with Crippen molar-refractivity contribution in [1.82, 2.24) is 20.1 Å². The predicted molar refractivity (Wildman–Crippen MR) is 107 cm³/mol. The standard InChI is InChI=1S/C19H23ClN4OS/c1-3-5-6-7-13-24-18(15-8-10-16(20)11-9-15)22-23-19(24)26-14-17(25)21-12-4-2/h2,8-11H,3,5-7,12-14H2,1H3,(H,21,25). The summed E-state index contributed by atoms with van der Waals surface area (Å²) in [6.45, 7) is 3.24. The second-order valence-electron chi connectivity index (χ2n) is 5.79. The molecule has 5 nitrogen and oxygen atoms in total. The number of unbranched alkanes of at least 4 members (excludes halogenated alkanes) is 3. The number of carbonyl (C=O) groups excluding carboxylic acids is 1. The highest BCUT2D eigenvalue weighted by Gasteiger charge is 2.15. The third-order valence-corrected chi connectivity index (χ3v) is 4.99. The van der Waals surface area contributed by atoms with Crippen molar-refractivity contribution in [2.24, 2.45) is 0 Å². The zero-order chi connectivity index (χ0) is 18.8. The van der Waals surface area contributed by atoms with Crippen LogP contribution in [0.1, 0.15) is 32.6 Å². The molecule has 7 heteroatoms. The van der Waals surface area contributed by atoms with Gasteiger partial charge in [0, 0.05) is 17.1 Å². The number of terminal acetylenes is 1. The number of thioether (sulfide) groups is 1. The second kappa shape index (κ2) is 10.9. The van der Waals surface area contributed by atoms with E-state index in [9.17, 15) is 4.79 Å². The number of halogens is 1. The fourth-order valence-corrected chi connectivity index (χ4v) is 3.36. The van der Waals surface area contributed by atoms with E-state index in [0.29, 0.717) is 5.02 Å². The molecule has 1 N–H and O–H groups in total. The molecule has 1 aromatic carbocycles. The molecule has 138 valence electrons. The van der Waals surface area contributed by atoms with Crippen molar-refractivity contribution in [1.29, 1.82) is 0 Å². The maximum Gasteiger partial charge on any atom is 0.231 e. The van der Waals surface area contributed by atoms with E-state index in [2.05, 4.69) is 32.9 Å². The molecule has 1 aromatic heterocycles. The zero-order valence-electron chi connectivity index (χ0n) is 14.9. The van der Waals surface area contributed by atoms with Crippen LogP contribution in [0.5, 0.6) is 0 Å². The van der Waals surface area contributed by atoms with Crippen molar-refractivity contribution in [3.05, 3.63) is 29.3 Å². The normalized spacial score (nSPS) is 10.5. The number of rotatable bonds is 10. The summed E-state index contributed by atoms with van der Waals surface area (Å²) in [5, 5.41) is 12.7. The van der Waals surface area contributed by atoms with Crippen LogP contribution < -0.4 is 5.32 Å². The molecule has 0 aliphatic rings. The topological polar surface area (TPSA) is 59.8 Å². The lowest BCUT2D eigenvalue weighted by atomic mass is 10.2. The molecule has 0 bridgehead atoms. The van der Waals surface area contributed by atoms with Gasteiger partial charge in [-0.05, 0) is 30.7 Å². The van der Waals surface area contributed by atoms with Crippen molar-refractivity contribution in [2.75, 3.05) is 12.3 Å². The Bertz CT molecular complexity index is 752. The number of nitrogens with one attached hydrogen (secondary N) is 1. The number of aromatic nitrogens is 3. The van der Waals surface area contributed by atoms with Crippen molar-refractivity contribution in [3.8, 4) is 23.7 Å². The third-order valence-electron chi connectivity index (χ3n) is 3.77. The molecule has 1 amide bonds. The van der Waals surface area contributed by atoms with Crippen LogP contribution in [0.2, 0.25) is 5.02 Å². The van der Waals surface area contributed by atoms with Crippen LogP contribution in [0.25, 0.3) is 11.4 Å². The van der Waals surface area contributed by atoms with Gasteiger partial charge in [-0.2, -0.15) is 0 Å². The summed E-state index contributed by atoms with van der Waals surface area (Å²) in [6, 6.07) is 7.55. The number of hydrogen-bond acceptors (Lipinski definition) is 4. The molecular weight excluding hydrogens is 368 g/mol. The lowest BCUT2D eigenvalue weighted by Crippen LogP contribution is -2.25. The van der Waals surface area contributed by atoms with Gasteiger partial charge in [0.2, 0.25) is 5.91 Å². The first kappa shape index (κ1) is 20.3. The summed E-state index contributed by atoms with van der Waals surface area (Å²) in [6.07, 6.45) is 9.75. The van der Waals surface area contributed by atoms with Crippen molar-refractivity contribution < 1.29 is 4.79 Å². The molecule has 0 atom stereocenters. The average Bonchev–Trinajstić information content (AvgIpc) is 3.05. The number of amides is 1. The minimum Gasteiger partial charge on any atom is -0.344 e. The summed E-state index contributed by atoms with van der Waals surface area (Å²) < 4.78 is 2.08. The van der Waals surface area contributed by atoms with Crippen molar-refractivity contribution >= 4 is 29.3 Å². The highest BCUT2D eigenvalue weighted by Crippen LogP contribution is 2.25. The van der Waals surface area contributed by atoms with E-state index >= 15 is 0 Å². The van der Waals surface area contributed by atoms with E-state index in [-0.39, 0.29) is 18.2 Å². The number of hydrogen-bond donors (Lipinski definition) is 1. The van der Waals surface area contributed by atoms with Crippen LogP contribution in [-0.2, 0) is 11.3 Å². The Morgan fingerprint density at radius 1 is 1.27 bits per heavy atom. The summed E-state index contributed by atoms with van der Waals surface area (Å²) in [4.78, 5) is 11.8. The molecule has 0 fully saturated rings. The minimum atomic E-state index is -0.110. The Morgan fingerprint density at radius 2 is 2.04 bits per heavy atom. The predicted octanol–water partition coefficient (Wildman–Crippen LogP) is 4.02. The lowest BCUT2D eigenvalue weighted by Gasteiger charge is -2.10. The average molecular weight is 391 g/mol. The van der Waals surface area contributed by atoms with Crippen LogP contribution in [0.15, 0.2) is 29.4 Å². The second-order valence-corrected chi connectivity index (χ2v) is 7.17. The molecule has 26 heavy (non-hydrogen) atoms. The zero-order valence-corrected chi connectivity index (χ0v) is 16.4. The van der Waals surface area contributed by atoms with Gasteiger partial charge in [0.05, 0.1) is 12.3 Å². The highest BCUT2D eigenvalue weighted by molar-refractivity contribution is 7.99. The van der Waals surface area contributed by atoms with Crippen molar-refractivity contribution in [3.63, 3.8) is 0 Å². The SMILES string of the molecule is C#CCNC(=O)CSc1nnc(-c2ccc(Cl)cc2)n1CCCCCC. The van der Waals surface area contributed by atoms with Crippen LogP contribution in [0.4, 0.5) is 0 Å². The highest BCUT2D eigenvalue weighted by atomic mass is 35.5. The smallest absolute Gasteiger partial charge is 0.231 e. The monoisotopic (exact) mass is 390 g/mol. The van der Waals surface area contributed by atoms with Gasteiger partial charge in [0.25, 0.3) is 0 Å². The Kier molecular flexibility index (Phi) is 8.52. The summed E-state index contributed by atoms with van der Waals surface area (Å²) in [5.74, 6) is 3.34. The van der Waals surface area contributed by atoms with Gasteiger partial charge < -0.3 is 9.88 Å². The van der Waals surface area contributed by atoms with Gasteiger partial charge in [0.1, 0.15) is 0 Å². The molecule has 2 aromatic rings. The molecular formula is C19H23ClN4OS. The van der Waals surface area contributed by atoms with E-state index in [0.717, 1.165) is 35.9 Å². The molecule has 0 unspecified atom stereocenters. The Labute approximate surface area is 163 Å². The summed E-state index contributed by atoms with van der Waals surface area (Å²) in [5.41, 5.74) is 0.959. The van der Waals surface area contributed by atoms with E-state index in [1.54, 1.807) is 0 Å². The Morgan fingerprint density at radius 3 is 2.73 bits per heavy atom. The van der Waals surface area contributed by atoms with Gasteiger partial charge in [-0.15, -0.1) is 16.6 Å². The number of nitrogens with zero attached hydrogens (tertiary/aromatic N) is 3. The van der Waals surface area contributed by atoms with E-state index in [4.69, 9.17) is 18.0 Å². The molecule has 0 saturated carbocycles. The largest absolute Gasteiger partial charge is 0.344 e. The van der Waals surface area contributed by atoms with Gasteiger partial charge in [-0.3, -0.25) is 4.79 Å². The van der Waals surface area contributed by atoms with E-state index in [1.807, 2.05) is 24.3 Å². The first-order valence-electron chi connectivity index (χ1n) is 8.67. The Balaban J connectivity index is 2.14. The van der Waals surface area contributed by atoms with Gasteiger partial charge in [-0.25, -0.2) is 0 Å². The van der Waals surface area contributed by atoms with Crippen LogP contribution >= 0.6 is 23.4 Å². The van der Waals surface area contributed by atoms with Gasteiger partial charge in [0.15, 0.2) is 11.0 Å². The summed E-state index contributed by atoms with van der Waals surface area (Å²) >= 11 is 7.35. The Hall–Kier alpha value is -1.97. The third kappa shape index (κ3) is 6.08. The molecule has 0 radical (unpaired) electrons. The van der Waals surface area contributed by atoms with Gasteiger partial charge in [-0.1, -0.05) is 55.5 Å².